The van der Waals surface area contributed by atoms with Crippen LogP contribution < -0.4 is 10.1 Å². The van der Waals surface area contributed by atoms with Gasteiger partial charge in [0.25, 0.3) is 0 Å². The minimum atomic E-state index is -1.04. The zero-order chi connectivity index (χ0) is 25.1. The summed E-state index contributed by atoms with van der Waals surface area (Å²) in [6, 6.07) is 10.0. The molecule has 0 amide bonds. The molecule has 7 nitrogen and oxygen atoms in total. The average Bonchev–Trinajstić information content (AvgIpc) is 3.18. The van der Waals surface area contributed by atoms with Gasteiger partial charge in [0.2, 0.25) is 0 Å². The molecule has 0 aliphatic carbocycles. The average molecular weight is 497 g/mol. The highest BCUT2D eigenvalue weighted by Crippen LogP contribution is 2.32. The van der Waals surface area contributed by atoms with Crippen molar-refractivity contribution in [2.45, 2.75) is 33.7 Å². The molecule has 4 rings (SSSR count). The molecule has 0 aliphatic heterocycles. The zero-order valence-corrected chi connectivity index (χ0v) is 20.5. The molecule has 0 radical (unpaired) electrons. The molecule has 2 N–H and O–H groups in total. The number of anilines is 1. The predicted octanol–water partition coefficient (Wildman–Crippen LogP) is 6.11. The Morgan fingerprint density at radius 3 is 2.74 bits per heavy atom. The molecule has 0 saturated heterocycles. The third-order valence-electron chi connectivity index (χ3n) is 5.82. The fourth-order valence-electron chi connectivity index (χ4n) is 4.02. The van der Waals surface area contributed by atoms with Crippen LogP contribution in [0, 0.1) is 19.7 Å². The summed E-state index contributed by atoms with van der Waals surface area (Å²) in [6.07, 6.45) is 2.22. The molecule has 2 aromatic heterocycles. The van der Waals surface area contributed by atoms with Crippen LogP contribution in [0.15, 0.2) is 42.7 Å². The van der Waals surface area contributed by atoms with Gasteiger partial charge in [-0.2, -0.15) is 0 Å². The lowest BCUT2D eigenvalue weighted by Crippen LogP contribution is -2.12. The van der Waals surface area contributed by atoms with E-state index in [0.717, 1.165) is 28.6 Å². The Balaban J connectivity index is 1.53. The first kappa shape index (κ1) is 24.5. The number of aryl methyl sites for hydroxylation is 2. The Morgan fingerprint density at radius 2 is 2.00 bits per heavy atom. The van der Waals surface area contributed by atoms with Gasteiger partial charge in [0.1, 0.15) is 29.3 Å². The number of rotatable bonds is 9. The summed E-state index contributed by atoms with van der Waals surface area (Å²) in [5.41, 5.74) is 3.85. The molecule has 0 aliphatic rings. The molecule has 0 saturated carbocycles. The summed E-state index contributed by atoms with van der Waals surface area (Å²) in [6.45, 7) is 7.25. The van der Waals surface area contributed by atoms with E-state index in [0.29, 0.717) is 47.5 Å². The van der Waals surface area contributed by atoms with Gasteiger partial charge in [-0.15, -0.1) is 0 Å². The molecule has 0 unspecified atom stereocenters. The van der Waals surface area contributed by atoms with Crippen LogP contribution in [0.5, 0.6) is 5.75 Å². The Morgan fingerprint density at radius 1 is 1.20 bits per heavy atom. The van der Waals surface area contributed by atoms with Crippen molar-refractivity contribution in [2.75, 3.05) is 18.5 Å². The molecule has 2 aromatic carbocycles. The largest absolute Gasteiger partial charge is 0.493 e. The summed E-state index contributed by atoms with van der Waals surface area (Å²) in [5, 5.41) is 13.9. The van der Waals surface area contributed by atoms with E-state index >= 15 is 0 Å². The second-order valence-corrected chi connectivity index (χ2v) is 8.65. The molecule has 35 heavy (non-hydrogen) atoms. The van der Waals surface area contributed by atoms with Gasteiger partial charge in [-0.3, -0.25) is 0 Å². The first-order valence-corrected chi connectivity index (χ1v) is 11.7. The van der Waals surface area contributed by atoms with Gasteiger partial charge < -0.3 is 19.7 Å². The van der Waals surface area contributed by atoms with Crippen LogP contribution in [0.2, 0.25) is 5.02 Å². The van der Waals surface area contributed by atoms with Crippen molar-refractivity contribution in [1.82, 2.24) is 14.5 Å². The van der Waals surface area contributed by atoms with Crippen LogP contribution in [0.3, 0.4) is 0 Å². The second-order valence-electron chi connectivity index (χ2n) is 8.24. The van der Waals surface area contributed by atoms with Crippen molar-refractivity contribution in [2.24, 2.45) is 0 Å². The summed E-state index contributed by atoms with van der Waals surface area (Å²) >= 11 is 6.36. The summed E-state index contributed by atoms with van der Waals surface area (Å²) in [7, 11) is 0. The van der Waals surface area contributed by atoms with Crippen LogP contribution in [0.25, 0.3) is 22.2 Å². The number of halogens is 2. The molecule has 0 atom stereocenters. The monoisotopic (exact) mass is 496 g/mol. The fourth-order valence-corrected chi connectivity index (χ4v) is 4.32. The number of carbonyl (C=O) groups is 1. The summed E-state index contributed by atoms with van der Waals surface area (Å²) in [4.78, 5) is 20.2. The number of nitrogens with zero attached hydrogens (tertiary/aromatic N) is 3. The van der Waals surface area contributed by atoms with Crippen molar-refractivity contribution >= 4 is 34.3 Å². The fraction of sp³-hybridized carbons (Fsp3) is 0.269. The maximum Gasteiger partial charge on any atom is 0.339 e. The molecule has 0 fully saturated rings. The van der Waals surface area contributed by atoms with E-state index in [1.165, 1.54) is 18.5 Å². The number of ether oxygens (including phenoxy) is 1. The number of aromatic carboxylic acids is 1. The van der Waals surface area contributed by atoms with Gasteiger partial charge in [-0.1, -0.05) is 24.6 Å². The predicted molar refractivity (Wildman–Crippen MR) is 135 cm³/mol. The Bertz CT molecular complexity index is 1400. The first-order valence-electron chi connectivity index (χ1n) is 11.3. The highest BCUT2D eigenvalue weighted by atomic mass is 35.5. The normalized spacial score (nSPS) is 11.1. The quantitative estimate of drug-likeness (QED) is 0.291. The van der Waals surface area contributed by atoms with E-state index < -0.39 is 5.97 Å². The van der Waals surface area contributed by atoms with Crippen LogP contribution >= 0.6 is 11.6 Å². The molecule has 0 spiro atoms. The van der Waals surface area contributed by atoms with Gasteiger partial charge in [0, 0.05) is 35.8 Å². The Hall–Kier alpha value is -3.65. The van der Waals surface area contributed by atoms with Gasteiger partial charge in [0.15, 0.2) is 0 Å². The van der Waals surface area contributed by atoms with E-state index in [1.807, 2.05) is 19.9 Å². The van der Waals surface area contributed by atoms with E-state index in [1.54, 1.807) is 25.1 Å². The molecule has 0 bridgehead atoms. The smallest absolute Gasteiger partial charge is 0.339 e. The van der Waals surface area contributed by atoms with E-state index in [-0.39, 0.29) is 11.4 Å². The number of benzene rings is 2. The zero-order valence-electron chi connectivity index (χ0n) is 19.7. The van der Waals surface area contributed by atoms with Crippen molar-refractivity contribution in [3.63, 3.8) is 0 Å². The standard InChI is InChI=1S/C26H26ClFN4O3/c1-4-9-35-23-11-17(5-6-18(23)26(33)34)22-13-24(31-14-30-22)29-7-8-32-15(2)10-19-16(3)21(28)12-20(27)25(19)32/h5-6,10-14H,4,7-9H2,1-3H3,(H,33,34)(H,29,30,31). The van der Waals surface area contributed by atoms with E-state index in [2.05, 4.69) is 19.9 Å². The van der Waals surface area contributed by atoms with Gasteiger partial charge >= 0.3 is 5.97 Å². The molecule has 182 valence electrons. The van der Waals surface area contributed by atoms with Crippen LogP contribution in [-0.4, -0.2) is 38.8 Å². The topological polar surface area (TPSA) is 89.3 Å². The van der Waals surface area contributed by atoms with Gasteiger partial charge in [0.05, 0.1) is 22.8 Å². The SMILES string of the molecule is CCCOc1cc(-c2cc(NCCn3c(C)cc4c(C)c(F)cc(Cl)c43)ncn2)ccc1C(=O)O. The van der Waals surface area contributed by atoms with Crippen molar-refractivity contribution < 1.29 is 19.0 Å². The number of aromatic nitrogens is 3. The van der Waals surface area contributed by atoms with E-state index in [4.69, 9.17) is 16.3 Å². The summed E-state index contributed by atoms with van der Waals surface area (Å²) in [5.74, 6) is -0.427. The molecular weight excluding hydrogens is 471 g/mol. The third kappa shape index (κ3) is 5.07. The lowest BCUT2D eigenvalue weighted by atomic mass is 10.1. The number of carboxylic acid groups (broad SMARTS) is 1. The second kappa shape index (κ2) is 10.3. The number of hydrogen-bond donors (Lipinski definition) is 2. The Kier molecular flexibility index (Phi) is 7.21. The number of fused-ring (bicyclic) bond motifs is 1. The molecular formula is C26H26ClFN4O3. The lowest BCUT2D eigenvalue weighted by molar-refractivity contribution is 0.0692. The van der Waals surface area contributed by atoms with Gasteiger partial charge in [-0.05, 0) is 50.1 Å². The molecule has 4 aromatic rings. The van der Waals surface area contributed by atoms with Crippen molar-refractivity contribution in [3.8, 4) is 17.0 Å². The highest BCUT2D eigenvalue weighted by molar-refractivity contribution is 6.35. The van der Waals surface area contributed by atoms with E-state index in [9.17, 15) is 14.3 Å². The molecule has 2 heterocycles. The van der Waals surface area contributed by atoms with Crippen LogP contribution in [-0.2, 0) is 6.54 Å². The molecule has 9 heteroatoms. The lowest BCUT2D eigenvalue weighted by Gasteiger charge is -2.13. The number of hydrogen-bond acceptors (Lipinski definition) is 5. The van der Waals surface area contributed by atoms with Crippen LogP contribution in [0.4, 0.5) is 10.2 Å². The first-order chi connectivity index (χ1) is 16.8. The third-order valence-corrected chi connectivity index (χ3v) is 6.11. The highest BCUT2D eigenvalue weighted by Gasteiger charge is 2.16. The van der Waals surface area contributed by atoms with Crippen molar-refractivity contribution in [1.29, 1.82) is 0 Å². The maximum absolute atomic E-state index is 14.1. The number of nitrogens with one attached hydrogen (secondary N) is 1. The minimum Gasteiger partial charge on any atom is -0.493 e. The van der Waals surface area contributed by atoms with Crippen molar-refractivity contribution in [3.05, 3.63) is 70.4 Å². The minimum absolute atomic E-state index is 0.109. The summed E-state index contributed by atoms with van der Waals surface area (Å²) < 4.78 is 21.8. The maximum atomic E-state index is 14.1. The Labute approximate surface area is 207 Å². The van der Waals surface area contributed by atoms with Gasteiger partial charge in [-0.25, -0.2) is 19.2 Å². The van der Waals surface area contributed by atoms with Crippen LogP contribution in [0.1, 0.15) is 35.0 Å². The number of carboxylic acids is 1.